The van der Waals surface area contributed by atoms with Crippen LogP contribution >= 0.6 is 11.6 Å². The van der Waals surface area contributed by atoms with Gasteiger partial charge in [0.25, 0.3) is 5.69 Å². The molecular weight excluding hydrogens is 250 g/mol. The molecule has 0 heterocycles. The first-order valence-electron chi connectivity index (χ1n) is 6.54. The van der Waals surface area contributed by atoms with Gasteiger partial charge in [-0.05, 0) is 30.7 Å². The number of non-ortho nitro benzene ring substituents is 1. The van der Waals surface area contributed by atoms with E-state index < -0.39 is 0 Å². The highest BCUT2D eigenvalue weighted by Gasteiger charge is 2.22. The lowest BCUT2D eigenvalue weighted by molar-refractivity contribution is -0.384. The minimum atomic E-state index is -0.339. The van der Waals surface area contributed by atoms with Gasteiger partial charge >= 0.3 is 0 Å². The van der Waals surface area contributed by atoms with Crippen LogP contribution in [0.4, 0.5) is 5.69 Å². The lowest BCUT2D eigenvalue weighted by Crippen LogP contribution is -2.16. The maximum Gasteiger partial charge on any atom is 0.269 e. The van der Waals surface area contributed by atoms with E-state index in [9.17, 15) is 10.1 Å². The highest BCUT2D eigenvalue weighted by molar-refractivity contribution is 6.20. The Kier molecular flexibility index (Phi) is 4.59. The molecular formula is C14H18ClNO2. The van der Waals surface area contributed by atoms with Crippen LogP contribution in [0.25, 0.3) is 0 Å². The molecule has 1 aromatic carbocycles. The van der Waals surface area contributed by atoms with Crippen molar-refractivity contribution in [2.24, 2.45) is 5.92 Å². The summed E-state index contributed by atoms with van der Waals surface area (Å²) >= 11 is 6.41. The molecule has 4 heteroatoms. The monoisotopic (exact) mass is 267 g/mol. The molecule has 3 nitrogen and oxygen atoms in total. The number of rotatable bonds is 3. The molecule has 0 amide bonds. The summed E-state index contributed by atoms with van der Waals surface area (Å²) in [5.41, 5.74) is 1.20. The van der Waals surface area contributed by atoms with Gasteiger partial charge in [-0.15, -0.1) is 11.6 Å². The SMILES string of the molecule is O=[N+]([O-])c1cccc(CC2CCCCCC2Cl)c1. The predicted molar refractivity (Wildman–Crippen MR) is 73.0 cm³/mol. The van der Waals surface area contributed by atoms with Crippen LogP contribution in [-0.4, -0.2) is 10.3 Å². The van der Waals surface area contributed by atoms with Crippen LogP contribution in [0.15, 0.2) is 24.3 Å². The third kappa shape index (κ3) is 3.45. The van der Waals surface area contributed by atoms with Crippen LogP contribution in [0.1, 0.15) is 37.7 Å². The van der Waals surface area contributed by atoms with E-state index in [-0.39, 0.29) is 16.0 Å². The first-order valence-corrected chi connectivity index (χ1v) is 6.98. The Morgan fingerprint density at radius 2 is 2.06 bits per heavy atom. The average Bonchev–Trinajstić information content (AvgIpc) is 2.55. The summed E-state index contributed by atoms with van der Waals surface area (Å²) in [6.45, 7) is 0. The van der Waals surface area contributed by atoms with Crippen molar-refractivity contribution >= 4 is 17.3 Å². The van der Waals surface area contributed by atoms with Crippen LogP contribution in [0.2, 0.25) is 0 Å². The normalized spacial score (nSPS) is 24.5. The molecule has 0 spiro atoms. The van der Waals surface area contributed by atoms with Crippen molar-refractivity contribution in [3.8, 4) is 0 Å². The molecule has 2 atom stereocenters. The van der Waals surface area contributed by atoms with Crippen LogP contribution in [0.5, 0.6) is 0 Å². The third-order valence-corrected chi connectivity index (χ3v) is 4.26. The molecule has 1 saturated carbocycles. The summed E-state index contributed by atoms with van der Waals surface area (Å²) in [5, 5.41) is 11.0. The zero-order valence-corrected chi connectivity index (χ0v) is 11.1. The summed E-state index contributed by atoms with van der Waals surface area (Å²) < 4.78 is 0. The van der Waals surface area contributed by atoms with Crippen molar-refractivity contribution < 1.29 is 4.92 Å². The number of benzene rings is 1. The second-order valence-electron chi connectivity index (χ2n) is 5.05. The largest absolute Gasteiger partial charge is 0.269 e. The van der Waals surface area contributed by atoms with Crippen molar-refractivity contribution in [1.29, 1.82) is 0 Å². The van der Waals surface area contributed by atoms with Crippen molar-refractivity contribution in [3.05, 3.63) is 39.9 Å². The van der Waals surface area contributed by atoms with Gasteiger partial charge in [0, 0.05) is 17.5 Å². The Morgan fingerprint density at radius 3 is 2.83 bits per heavy atom. The molecule has 0 saturated heterocycles. The molecule has 1 fully saturated rings. The fourth-order valence-corrected chi connectivity index (χ4v) is 3.04. The van der Waals surface area contributed by atoms with E-state index in [1.165, 1.54) is 25.3 Å². The third-order valence-electron chi connectivity index (χ3n) is 3.69. The minimum absolute atomic E-state index is 0.173. The van der Waals surface area contributed by atoms with Crippen molar-refractivity contribution in [3.63, 3.8) is 0 Å². The van der Waals surface area contributed by atoms with E-state index in [1.54, 1.807) is 12.1 Å². The number of hydrogen-bond acceptors (Lipinski definition) is 2. The summed E-state index contributed by atoms with van der Waals surface area (Å²) in [5.74, 6) is 0.455. The van der Waals surface area contributed by atoms with E-state index in [0.29, 0.717) is 5.92 Å². The Morgan fingerprint density at radius 1 is 1.28 bits per heavy atom. The van der Waals surface area contributed by atoms with Crippen molar-refractivity contribution in [2.75, 3.05) is 0 Å². The summed E-state index contributed by atoms with van der Waals surface area (Å²) in [4.78, 5) is 10.4. The van der Waals surface area contributed by atoms with E-state index >= 15 is 0 Å². The van der Waals surface area contributed by atoms with E-state index in [1.807, 2.05) is 6.07 Å². The predicted octanol–water partition coefficient (Wildman–Crippen LogP) is 4.33. The van der Waals surface area contributed by atoms with Gasteiger partial charge in [-0.25, -0.2) is 0 Å². The van der Waals surface area contributed by atoms with Crippen LogP contribution in [-0.2, 0) is 6.42 Å². The van der Waals surface area contributed by atoms with E-state index in [0.717, 1.165) is 24.8 Å². The molecule has 2 rings (SSSR count). The van der Waals surface area contributed by atoms with Gasteiger partial charge in [-0.3, -0.25) is 10.1 Å². The van der Waals surface area contributed by atoms with Gasteiger partial charge < -0.3 is 0 Å². The first kappa shape index (κ1) is 13.3. The molecule has 0 bridgehead atoms. The van der Waals surface area contributed by atoms with E-state index in [2.05, 4.69) is 0 Å². The van der Waals surface area contributed by atoms with Crippen LogP contribution in [0, 0.1) is 16.0 Å². The van der Waals surface area contributed by atoms with Gasteiger partial charge in [-0.1, -0.05) is 31.4 Å². The number of hydrogen-bond donors (Lipinski definition) is 0. The molecule has 0 aromatic heterocycles. The number of nitrogens with zero attached hydrogens (tertiary/aromatic N) is 1. The highest BCUT2D eigenvalue weighted by atomic mass is 35.5. The summed E-state index contributed by atoms with van der Waals surface area (Å²) in [7, 11) is 0. The Hall–Kier alpha value is -1.09. The Balaban J connectivity index is 2.07. The first-order chi connectivity index (χ1) is 8.66. The fourth-order valence-electron chi connectivity index (χ4n) is 2.67. The van der Waals surface area contributed by atoms with Gasteiger partial charge in [-0.2, -0.15) is 0 Å². The zero-order chi connectivity index (χ0) is 13.0. The maximum atomic E-state index is 10.7. The number of halogens is 1. The highest BCUT2D eigenvalue weighted by Crippen LogP contribution is 2.30. The van der Waals surface area contributed by atoms with Crippen molar-refractivity contribution in [1.82, 2.24) is 0 Å². The second-order valence-corrected chi connectivity index (χ2v) is 5.61. The minimum Gasteiger partial charge on any atom is -0.258 e. The van der Waals surface area contributed by atoms with Gasteiger partial charge in [0.1, 0.15) is 0 Å². The molecule has 1 aliphatic rings. The maximum absolute atomic E-state index is 10.7. The Bertz CT molecular complexity index is 422. The molecule has 0 N–H and O–H groups in total. The van der Waals surface area contributed by atoms with Gasteiger partial charge in [0.15, 0.2) is 0 Å². The molecule has 0 aliphatic heterocycles. The van der Waals surface area contributed by atoms with Crippen molar-refractivity contribution in [2.45, 2.75) is 43.9 Å². The average molecular weight is 268 g/mol. The topological polar surface area (TPSA) is 43.1 Å². The van der Waals surface area contributed by atoms with Crippen LogP contribution in [0.3, 0.4) is 0 Å². The fraction of sp³-hybridized carbons (Fsp3) is 0.571. The van der Waals surface area contributed by atoms with E-state index in [4.69, 9.17) is 11.6 Å². The standard InChI is InChI=1S/C14H18ClNO2/c15-14-8-3-1-2-6-12(14)9-11-5-4-7-13(10-11)16(17)18/h4-5,7,10,12,14H,1-3,6,8-9H2. The number of alkyl halides is 1. The molecule has 0 radical (unpaired) electrons. The molecule has 2 unspecified atom stereocenters. The number of nitro benzene ring substituents is 1. The smallest absolute Gasteiger partial charge is 0.258 e. The second kappa shape index (κ2) is 6.19. The van der Waals surface area contributed by atoms with Gasteiger partial charge in [0.05, 0.1) is 4.92 Å². The molecule has 98 valence electrons. The molecule has 1 aliphatic carbocycles. The number of nitro groups is 1. The summed E-state index contributed by atoms with van der Waals surface area (Å²) in [6, 6.07) is 6.93. The summed E-state index contributed by atoms with van der Waals surface area (Å²) in [6.07, 6.45) is 6.75. The lowest BCUT2D eigenvalue weighted by Gasteiger charge is -2.19. The molecule has 18 heavy (non-hydrogen) atoms. The quantitative estimate of drug-likeness (QED) is 0.354. The van der Waals surface area contributed by atoms with Gasteiger partial charge in [0.2, 0.25) is 0 Å². The Labute approximate surface area is 112 Å². The lowest BCUT2D eigenvalue weighted by atomic mass is 9.92. The van der Waals surface area contributed by atoms with Crippen LogP contribution < -0.4 is 0 Å². The zero-order valence-electron chi connectivity index (χ0n) is 10.3. The molecule has 1 aromatic rings.